The van der Waals surface area contributed by atoms with Crippen molar-refractivity contribution >= 4 is 0 Å². The van der Waals surface area contributed by atoms with E-state index in [0.717, 1.165) is 25.9 Å². The second kappa shape index (κ2) is 6.94. The zero-order valence-electron chi connectivity index (χ0n) is 10.6. The highest BCUT2D eigenvalue weighted by Gasteiger charge is 2.00. The van der Waals surface area contributed by atoms with Gasteiger partial charge in [0.2, 0.25) is 0 Å². The Labute approximate surface area is 109 Å². The lowest BCUT2D eigenvalue weighted by Crippen LogP contribution is -2.34. The first-order valence-corrected chi connectivity index (χ1v) is 6.42. The van der Waals surface area contributed by atoms with Crippen LogP contribution in [0.3, 0.4) is 0 Å². The van der Waals surface area contributed by atoms with Gasteiger partial charge in [-0.1, -0.05) is 60.7 Å². The molecule has 0 saturated heterocycles. The predicted molar refractivity (Wildman–Crippen MR) is 76.1 cm³/mol. The second-order valence-corrected chi connectivity index (χ2v) is 4.51. The van der Waals surface area contributed by atoms with Gasteiger partial charge in [-0.25, -0.2) is 5.01 Å². The van der Waals surface area contributed by atoms with Gasteiger partial charge in [-0.2, -0.15) is 0 Å². The highest BCUT2D eigenvalue weighted by atomic mass is 15.4. The van der Waals surface area contributed by atoms with Gasteiger partial charge < -0.3 is 0 Å². The number of benzene rings is 2. The normalized spacial score (nSPS) is 10.8. The molecule has 94 valence electrons. The van der Waals surface area contributed by atoms with Gasteiger partial charge in [0.05, 0.1) is 0 Å². The molecule has 0 aromatic heterocycles. The molecule has 0 bridgehead atoms. The van der Waals surface area contributed by atoms with Crippen molar-refractivity contribution in [1.82, 2.24) is 5.01 Å². The van der Waals surface area contributed by atoms with Crippen molar-refractivity contribution < 1.29 is 0 Å². The maximum atomic E-state index is 6.00. The molecule has 2 rings (SSSR count). The molecule has 0 heterocycles. The van der Waals surface area contributed by atoms with Gasteiger partial charge in [0.1, 0.15) is 0 Å². The third-order valence-electron chi connectivity index (χ3n) is 3.06. The summed E-state index contributed by atoms with van der Waals surface area (Å²) in [5.41, 5.74) is 2.68. The molecule has 0 aliphatic carbocycles. The molecular weight excluding hydrogens is 220 g/mol. The molecule has 0 fully saturated rings. The van der Waals surface area contributed by atoms with E-state index in [1.165, 1.54) is 11.1 Å². The van der Waals surface area contributed by atoms with Gasteiger partial charge in [0.25, 0.3) is 0 Å². The molecule has 0 spiro atoms. The van der Waals surface area contributed by atoms with Crippen LogP contribution in [0.4, 0.5) is 0 Å². The highest BCUT2D eigenvalue weighted by Crippen LogP contribution is 2.02. The van der Waals surface area contributed by atoms with Crippen LogP contribution in [0.2, 0.25) is 0 Å². The van der Waals surface area contributed by atoms with Crippen molar-refractivity contribution in [3.8, 4) is 0 Å². The van der Waals surface area contributed by atoms with Gasteiger partial charge in [-0.05, 0) is 24.0 Å². The van der Waals surface area contributed by atoms with Gasteiger partial charge >= 0.3 is 0 Å². The van der Waals surface area contributed by atoms with Crippen LogP contribution < -0.4 is 5.84 Å². The third-order valence-corrected chi connectivity index (χ3v) is 3.06. The summed E-state index contributed by atoms with van der Waals surface area (Å²) in [6, 6.07) is 20.9. The van der Waals surface area contributed by atoms with E-state index >= 15 is 0 Å². The van der Waals surface area contributed by atoms with Crippen molar-refractivity contribution in [1.29, 1.82) is 0 Å². The van der Waals surface area contributed by atoms with Crippen molar-refractivity contribution in [2.45, 2.75) is 12.8 Å². The van der Waals surface area contributed by atoms with Crippen molar-refractivity contribution in [3.05, 3.63) is 71.8 Å². The molecule has 2 aromatic rings. The fraction of sp³-hybridized carbons (Fsp3) is 0.250. The van der Waals surface area contributed by atoms with Crippen LogP contribution in [0, 0.1) is 0 Å². The van der Waals surface area contributed by atoms with E-state index in [4.69, 9.17) is 5.84 Å². The molecular formula is C16H20N2. The lowest BCUT2D eigenvalue weighted by Gasteiger charge is -2.16. The highest BCUT2D eigenvalue weighted by molar-refractivity contribution is 5.16. The number of nitrogens with zero attached hydrogens (tertiary/aromatic N) is 1. The van der Waals surface area contributed by atoms with Crippen molar-refractivity contribution in [2.24, 2.45) is 5.84 Å². The number of hydrogen-bond acceptors (Lipinski definition) is 2. The van der Waals surface area contributed by atoms with Gasteiger partial charge in [0.15, 0.2) is 0 Å². The number of hydrazine groups is 1. The SMILES string of the molecule is NN(CCc1ccccc1)CCc1ccccc1. The fourth-order valence-electron chi connectivity index (χ4n) is 1.95. The Morgan fingerprint density at radius 1 is 0.667 bits per heavy atom. The minimum atomic E-state index is 0.900. The molecule has 0 saturated carbocycles. The average Bonchev–Trinajstić information content (AvgIpc) is 2.45. The molecule has 2 nitrogen and oxygen atoms in total. The monoisotopic (exact) mass is 240 g/mol. The van der Waals surface area contributed by atoms with E-state index in [0.29, 0.717) is 0 Å². The predicted octanol–water partition coefficient (Wildman–Crippen LogP) is 2.65. The zero-order chi connectivity index (χ0) is 12.6. The summed E-state index contributed by atoms with van der Waals surface area (Å²) in [6.45, 7) is 1.80. The largest absolute Gasteiger partial charge is 0.269 e. The fourth-order valence-corrected chi connectivity index (χ4v) is 1.95. The summed E-state index contributed by atoms with van der Waals surface area (Å²) < 4.78 is 0. The van der Waals surface area contributed by atoms with E-state index in [9.17, 15) is 0 Å². The number of hydrogen-bond donors (Lipinski definition) is 1. The quantitative estimate of drug-likeness (QED) is 0.621. The van der Waals surface area contributed by atoms with E-state index in [1.807, 2.05) is 17.1 Å². The molecule has 0 unspecified atom stereocenters. The Hall–Kier alpha value is -1.64. The first kappa shape index (κ1) is 12.8. The smallest absolute Gasteiger partial charge is 0.0169 e. The lowest BCUT2D eigenvalue weighted by atomic mass is 10.1. The lowest BCUT2D eigenvalue weighted by molar-refractivity contribution is 0.290. The van der Waals surface area contributed by atoms with Crippen LogP contribution in [0.25, 0.3) is 0 Å². The summed E-state index contributed by atoms with van der Waals surface area (Å²) in [5, 5.41) is 1.90. The molecule has 2 N–H and O–H groups in total. The van der Waals surface area contributed by atoms with E-state index < -0.39 is 0 Å². The molecule has 0 aliphatic heterocycles. The van der Waals surface area contributed by atoms with Crippen molar-refractivity contribution in [3.63, 3.8) is 0 Å². The third kappa shape index (κ3) is 4.32. The molecule has 0 atom stereocenters. The Morgan fingerprint density at radius 3 is 1.44 bits per heavy atom. The summed E-state index contributed by atoms with van der Waals surface area (Å²) >= 11 is 0. The van der Waals surface area contributed by atoms with E-state index in [1.54, 1.807) is 0 Å². The van der Waals surface area contributed by atoms with Crippen LogP contribution in [0.15, 0.2) is 60.7 Å². The molecule has 0 amide bonds. The maximum absolute atomic E-state index is 6.00. The number of rotatable bonds is 6. The summed E-state index contributed by atoms with van der Waals surface area (Å²) in [5.74, 6) is 6.00. The van der Waals surface area contributed by atoms with E-state index in [2.05, 4.69) is 48.5 Å². The molecule has 0 radical (unpaired) electrons. The first-order chi connectivity index (χ1) is 8.84. The number of nitrogens with two attached hydrogens (primary N) is 1. The zero-order valence-corrected chi connectivity index (χ0v) is 10.6. The summed E-state index contributed by atoms with van der Waals surface area (Å²) in [7, 11) is 0. The first-order valence-electron chi connectivity index (χ1n) is 6.42. The molecule has 2 heteroatoms. The Morgan fingerprint density at radius 2 is 1.06 bits per heavy atom. The van der Waals surface area contributed by atoms with Crippen LogP contribution in [0.5, 0.6) is 0 Å². The second-order valence-electron chi connectivity index (χ2n) is 4.51. The van der Waals surface area contributed by atoms with Gasteiger partial charge in [-0.15, -0.1) is 0 Å². The van der Waals surface area contributed by atoms with Crippen molar-refractivity contribution in [2.75, 3.05) is 13.1 Å². The molecule has 0 aliphatic rings. The Bertz CT molecular complexity index is 396. The maximum Gasteiger partial charge on any atom is 0.0169 e. The minimum absolute atomic E-state index is 0.900. The summed E-state index contributed by atoms with van der Waals surface area (Å²) in [4.78, 5) is 0. The van der Waals surface area contributed by atoms with E-state index in [-0.39, 0.29) is 0 Å². The van der Waals surface area contributed by atoms with Gasteiger partial charge in [0, 0.05) is 13.1 Å². The molecule has 18 heavy (non-hydrogen) atoms. The minimum Gasteiger partial charge on any atom is -0.269 e. The van der Waals surface area contributed by atoms with Crippen LogP contribution in [0.1, 0.15) is 11.1 Å². The molecule has 2 aromatic carbocycles. The average molecular weight is 240 g/mol. The van der Waals surface area contributed by atoms with Gasteiger partial charge in [-0.3, -0.25) is 5.84 Å². The standard InChI is InChI=1S/C16H20N2/c17-18(13-11-15-7-3-1-4-8-15)14-12-16-9-5-2-6-10-16/h1-10H,11-14,17H2. The van der Waals surface area contributed by atoms with Crippen LogP contribution >= 0.6 is 0 Å². The Kier molecular flexibility index (Phi) is 4.94. The van der Waals surface area contributed by atoms with Crippen LogP contribution in [-0.4, -0.2) is 18.1 Å². The Balaban J connectivity index is 1.71. The van der Waals surface area contributed by atoms with Crippen LogP contribution in [-0.2, 0) is 12.8 Å². The topological polar surface area (TPSA) is 29.3 Å². The summed E-state index contributed by atoms with van der Waals surface area (Å²) in [6.07, 6.45) is 2.01.